The van der Waals surface area contributed by atoms with Crippen LogP contribution in [0, 0.1) is 0 Å². The molecule has 0 radical (unpaired) electrons. The van der Waals surface area contributed by atoms with Gasteiger partial charge in [-0.05, 0) is 66.6 Å². The highest BCUT2D eigenvalue weighted by Crippen LogP contribution is 2.26. The zero-order chi connectivity index (χ0) is 24.2. The minimum absolute atomic E-state index is 0.0463. The van der Waals surface area contributed by atoms with Crippen molar-refractivity contribution in [3.63, 3.8) is 0 Å². The number of amides is 1. The van der Waals surface area contributed by atoms with Crippen LogP contribution in [0.4, 0.5) is 0 Å². The molecule has 0 fully saturated rings. The summed E-state index contributed by atoms with van der Waals surface area (Å²) in [6, 6.07) is 18.4. The Bertz CT molecular complexity index is 1240. The number of hydrogen-bond acceptors (Lipinski definition) is 3. The van der Waals surface area contributed by atoms with Crippen LogP contribution >= 0.6 is 55.1 Å². The van der Waals surface area contributed by atoms with E-state index in [1.54, 1.807) is 30.3 Å². The van der Waals surface area contributed by atoms with Gasteiger partial charge >= 0.3 is 0 Å². The second kappa shape index (κ2) is 11.3. The molecule has 0 aliphatic heterocycles. The van der Waals surface area contributed by atoms with E-state index in [1.807, 2.05) is 31.2 Å². The molecular formula is C23H20Br2Cl2N2O3S. The molecule has 1 atom stereocenters. The summed E-state index contributed by atoms with van der Waals surface area (Å²) in [5, 5.41) is 3.54. The Hall–Kier alpha value is -1.42. The minimum Gasteiger partial charge on any atom is -0.348 e. The van der Waals surface area contributed by atoms with Gasteiger partial charge in [-0.1, -0.05) is 73.3 Å². The molecule has 0 heterocycles. The first-order valence-corrected chi connectivity index (χ1v) is 13.6. The minimum atomic E-state index is -3.97. The first kappa shape index (κ1) is 26.2. The molecule has 0 spiro atoms. The van der Waals surface area contributed by atoms with Gasteiger partial charge in [-0.25, -0.2) is 8.42 Å². The van der Waals surface area contributed by atoms with Crippen molar-refractivity contribution >= 4 is 71.0 Å². The third-order valence-electron chi connectivity index (χ3n) is 4.86. The maximum atomic E-state index is 13.4. The van der Waals surface area contributed by atoms with Crippen molar-refractivity contribution in [1.82, 2.24) is 9.62 Å². The lowest BCUT2D eigenvalue weighted by atomic mass is 10.1. The van der Waals surface area contributed by atoms with Crippen LogP contribution in [0.3, 0.4) is 0 Å². The predicted octanol–water partition coefficient (Wildman–Crippen LogP) is 6.59. The molecule has 3 aromatic rings. The Balaban J connectivity index is 1.85. The van der Waals surface area contributed by atoms with Crippen molar-refractivity contribution in [2.24, 2.45) is 0 Å². The average Bonchev–Trinajstić information content (AvgIpc) is 2.76. The van der Waals surface area contributed by atoms with E-state index in [-0.39, 0.29) is 24.0 Å². The normalized spacial score (nSPS) is 12.5. The third kappa shape index (κ3) is 7.04. The number of nitrogens with zero attached hydrogens (tertiary/aromatic N) is 1. The van der Waals surface area contributed by atoms with Crippen molar-refractivity contribution in [2.45, 2.75) is 24.4 Å². The Morgan fingerprint density at radius 1 is 0.939 bits per heavy atom. The van der Waals surface area contributed by atoms with Crippen molar-refractivity contribution < 1.29 is 13.2 Å². The summed E-state index contributed by atoms with van der Waals surface area (Å²) >= 11 is 18.8. The first-order valence-electron chi connectivity index (χ1n) is 9.81. The number of hydrogen-bond donors (Lipinski definition) is 1. The number of carbonyl (C=O) groups excluding carboxylic acids is 1. The number of benzene rings is 3. The zero-order valence-corrected chi connectivity index (χ0v) is 22.9. The van der Waals surface area contributed by atoms with Gasteiger partial charge < -0.3 is 5.32 Å². The number of rotatable bonds is 8. The molecule has 0 aromatic heterocycles. The van der Waals surface area contributed by atoms with Gasteiger partial charge in [0, 0.05) is 15.5 Å². The summed E-state index contributed by atoms with van der Waals surface area (Å²) in [6.07, 6.45) is 0. The fraction of sp³-hybridized carbons (Fsp3) is 0.174. The van der Waals surface area contributed by atoms with Gasteiger partial charge in [0.1, 0.15) is 0 Å². The van der Waals surface area contributed by atoms with Gasteiger partial charge in [0.25, 0.3) is 0 Å². The summed E-state index contributed by atoms with van der Waals surface area (Å²) in [5.41, 5.74) is 1.51. The summed E-state index contributed by atoms with van der Waals surface area (Å²) in [7, 11) is -3.97. The van der Waals surface area contributed by atoms with E-state index < -0.39 is 15.9 Å². The number of carbonyl (C=O) groups is 1. The standard InChI is InChI=1S/C23H20Br2Cl2N2O3S/c1-15(17-3-5-18(24)6-4-17)28-23(30)14-29(13-16-2-11-21(26)22(27)12-16)33(31,32)20-9-7-19(25)8-10-20/h2-12,15H,13-14H2,1H3,(H,28,30)/t15-/m0/s1. The number of halogens is 4. The molecule has 3 aromatic carbocycles. The van der Waals surface area contributed by atoms with Crippen LogP contribution in [0.15, 0.2) is 80.6 Å². The van der Waals surface area contributed by atoms with Crippen LogP contribution < -0.4 is 5.32 Å². The molecule has 1 N–H and O–H groups in total. The van der Waals surface area contributed by atoms with E-state index in [0.29, 0.717) is 15.6 Å². The van der Waals surface area contributed by atoms with Crippen LogP contribution in [-0.2, 0) is 21.4 Å². The highest BCUT2D eigenvalue weighted by atomic mass is 79.9. The highest BCUT2D eigenvalue weighted by Gasteiger charge is 2.27. The molecule has 5 nitrogen and oxygen atoms in total. The predicted molar refractivity (Wildman–Crippen MR) is 139 cm³/mol. The van der Waals surface area contributed by atoms with Crippen molar-refractivity contribution in [3.05, 3.63) is 96.8 Å². The van der Waals surface area contributed by atoms with E-state index in [0.717, 1.165) is 18.8 Å². The molecule has 0 aliphatic rings. The summed E-state index contributed by atoms with van der Waals surface area (Å²) in [4.78, 5) is 12.9. The van der Waals surface area contributed by atoms with Gasteiger partial charge in [-0.15, -0.1) is 0 Å². The lowest BCUT2D eigenvalue weighted by Gasteiger charge is -2.23. The van der Waals surface area contributed by atoms with Crippen molar-refractivity contribution in [3.8, 4) is 0 Å². The lowest BCUT2D eigenvalue weighted by Crippen LogP contribution is -2.41. The van der Waals surface area contributed by atoms with E-state index in [1.165, 1.54) is 12.1 Å². The van der Waals surface area contributed by atoms with Crippen molar-refractivity contribution in [1.29, 1.82) is 0 Å². The molecule has 33 heavy (non-hydrogen) atoms. The maximum Gasteiger partial charge on any atom is 0.243 e. The Labute approximate surface area is 220 Å². The van der Waals surface area contributed by atoms with Crippen LogP contribution in [0.25, 0.3) is 0 Å². The summed E-state index contributed by atoms with van der Waals surface area (Å²) < 4.78 is 29.6. The highest BCUT2D eigenvalue weighted by molar-refractivity contribution is 9.10. The largest absolute Gasteiger partial charge is 0.348 e. The smallest absolute Gasteiger partial charge is 0.243 e. The molecule has 0 saturated heterocycles. The van der Waals surface area contributed by atoms with Crippen LogP contribution in [0.2, 0.25) is 10.0 Å². The van der Waals surface area contributed by atoms with Gasteiger partial charge in [-0.3, -0.25) is 4.79 Å². The lowest BCUT2D eigenvalue weighted by molar-refractivity contribution is -0.122. The number of sulfonamides is 1. The fourth-order valence-electron chi connectivity index (χ4n) is 3.11. The van der Waals surface area contributed by atoms with E-state index >= 15 is 0 Å². The molecule has 0 aliphatic carbocycles. The molecule has 174 valence electrons. The Kier molecular flexibility index (Phi) is 9.00. The zero-order valence-electron chi connectivity index (χ0n) is 17.4. The Morgan fingerprint density at radius 2 is 1.52 bits per heavy atom. The molecule has 0 saturated carbocycles. The van der Waals surface area contributed by atoms with Crippen LogP contribution in [0.1, 0.15) is 24.1 Å². The third-order valence-corrected chi connectivity index (χ3v) is 8.46. The fourth-order valence-corrected chi connectivity index (χ4v) is 5.34. The van der Waals surface area contributed by atoms with Gasteiger partial charge in [0.2, 0.25) is 15.9 Å². The van der Waals surface area contributed by atoms with Gasteiger partial charge in [-0.2, -0.15) is 4.31 Å². The van der Waals surface area contributed by atoms with E-state index in [9.17, 15) is 13.2 Å². The van der Waals surface area contributed by atoms with Gasteiger partial charge in [0.15, 0.2) is 0 Å². The quantitative estimate of drug-likeness (QED) is 0.304. The molecule has 10 heteroatoms. The van der Waals surface area contributed by atoms with Gasteiger partial charge in [0.05, 0.1) is 27.5 Å². The second-order valence-electron chi connectivity index (χ2n) is 7.32. The average molecular weight is 635 g/mol. The maximum absolute atomic E-state index is 13.4. The summed E-state index contributed by atoms with van der Waals surface area (Å²) in [6.45, 7) is 1.43. The Morgan fingerprint density at radius 3 is 2.09 bits per heavy atom. The molecule has 0 unspecified atom stereocenters. The van der Waals surface area contributed by atoms with Crippen molar-refractivity contribution in [2.75, 3.05) is 6.54 Å². The summed E-state index contributed by atoms with van der Waals surface area (Å²) in [5.74, 6) is -0.425. The van der Waals surface area contributed by atoms with E-state index in [4.69, 9.17) is 23.2 Å². The molecular weight excluding hydrogens is 615 g/mol. The van der Waals surface area contributed by atoms with Crippen LogP contribution in [0.5, 0.6) is 0 Å². The molecule has 1 amide bonds. The topological polar surface area (TPSA) is 66.5 Å². The monoisotopic (exact) mass is 632 g/mol. The second-order valence-corrected chi connectivity index (χ2v) is 11.9. The molecule has 0 bridgehead atoms. The first-order chi connectivity index (χ1) is 15.6. The SMILES string of the molecule is C[C@H](NC(=O)CN(Cc1ccc(Cl)c(Cl)c1)S(=O)(=O)c1ccc(Br)cc1)c1ccc(Br)cc1. The van der Waals surface area contributed by atoms with E-state index in [2.05, 4.69) is 37.2 Å². The molecule has 3 rings (SSSR count). The van der Waals surface area contributed by atoms with Crippen LogP contribution in [-0.4, -0.2) is 25.2 Å². The number of nitrogens with one attached hydrogen (secondary N) is 1.